The fourth-order valence-electron chi connectivity index (χ4n) is 1.36. The highest BCUT2D eigenvalue weighted by atomic mass is 32.2. The molecule has 0 aromatic carbocycles. The number of H-pyrrole nitrogens is 1. The van der Waals surface area contributed by atoms with Crippen molar-refractivity contribution in [1.82, 2.24) is 9.29 Å². The monoisotopic (exact) mass is 290 g/mol. The molecule has 2 N–H and O–H groups in total. The third-order valence-electron chi connectivity index (χ3n) is 2.45. The van der Waals surface area contributed by atoms with E-state index >= 15 is 0 Å². The lowest BCUT2D eigenvalue weighted by Crippen LogP contribution is -2.30. The molecule has 0 spiro atoms. The first-order chi connectivity index (χ1) is 8.75. The second-order valence-electron chi connectivity index (χ2n) is 4.30. The molecule has 0 saturated heterocycles. The Kier molecular flexibility index (Phi) is 5.10. The molecule has 0 aliphatic heterocycles. The number of carbonyl (C=O) groups is 1. The molecule has 7 nitrogen and oxygen atoms in total. The fourth-order valence-corrected chi connectivity index (χ4v) is 2.51. The Morgan fingerprint density at radius 1 is 1.53 bits per heavy atom. The topological polar surface area (TPSA) is 99.7 Å². The minimum atomic E-state index is -3.69. The summed E-state index contributed by atoms with van der Waals surface area (Å²) in [5.41, 5.74) is -0.162. The zero-order valence-electron chi connectivity index (χ0n) is 11.1. The Bertz CT molecular complexity index is 535. The van der Waals surface area contributed by atoms with Crippen LogP contribution in [0.5, 0.6) is 0 Å². The Morgan fingerprint density at radius 3 is 2.63 bits per heavy atom. The van der Waals surface area contributed by atoms with E-state index < -0.39 is 16.0 Å². The third kappa shape index (κ3) is 4.05. The molecule has 0 atom stereocenters. The van der Waals surface area contributed by atoms with E-state index in [0.29, 0.717) is 0 Å². The van der Waals surface area contributed by atoms with E-state index in [2.05, 4.69) is 4.98 Å². The highest BCUT2D eigenvalue weighted by Crippen LogP contribution is 2.15. The van der Waals surface area contributed by atoms with Crippen molar-refractivity contribution in [1.29, 1.82) is 0 Å². The van der Waals surface area contributed by atoms with Crippen molar-refractivity contribution >= 4 is 16.0 Å². The summed E-state index contributed by atoms with van der Waals surface area (Å²) in [5, 5.41) is 8.75. The number of hydrogen-bond donors (Lipinski definition) is 2. The number of nitrogens with zero attached hydrogens (tertiary/aromatic N) is 1. The van der Waals surface area contributed by atoms with Gasteiger partial charge in [0, 0.05) is 19.8 Å². The number of hydrogen-bond acceptors (Lipinski definition) is 4. The van der Waals surface area contributed by atoms with Gasteiger partial charge in [0.25, 0.3) is 0 Å². The second-order valence-corrected chi connectivity index (χ2v) is 6.35. The SMILES string of the molecule is CC(C)OCCN(C)S(=O)(=O)c1c[nH]c(C(=O)O)c1. The van der Waals surface area contributed by atoms with Gasteiger partial charge in [-0.25, -0.2) is 13.2 Å². The Hall–Kier alpha value is -1.38. The Balaban J connectivity index is 2.75. The van der Waals surface area contributed by atoms with E-state index in [1.54, 1.807) is 0 Å². The van der Waals surface area contributed by atoms with Gasteiger partial charge in [0.1, 0.15) is 10.6 Å². The summed E-state index contributed by atoms with van der Waals surface area (Å²) in [4.78, 5) is 13.0. The molecule has 108 valence electrons. The molecule has 0 saturated carbocycles. The van der Waals surface area contributed by atoms with Gasteiger partial charge in [0.15, 0.2) is 0 Å². The summed E-state index contributed by atoms with van der Waals surface area (Å²) in [7, 11) is -2.27. The second kappa shape index (κ2) is 6.18. The average Bonchev–Trinajstić information content (AvgIpc) is 2.78. The molecule has 1 aromatic heterocycles. The summed E-state index contributed by atoms with van der Waals surface area (Å²) < 4.78 is 30.6. The van der Waals surface area contributed by atoms with E-state index in [-0.39, 0.29) is 29.8 Å². The highest BCUT2D eigenvalue weighted by molar-refractivity contribution is 7.89. The molecule has 1 aromatic rings. The summed E-state index contributed by atoms with van der Waals surface area (Å²) >= 11 is 0. The van der Waals surface area contributed by atoms with Crippen LogP contribution in [0.1, 0.15) is 24.3 Å². The van der Waals surface area contributed by atoms with Crippen molar-refractivity contribution < 1.29 is 23.1 Å². The lowest BCUT2D eigenvalue weighted by atomic mass is 10.4. The van der Waals surface area contributed by atoms with Gasteiger partial charge >= 0.3 is 5.97 Å². The van der Waals surface area contributed by atoms with Crippen molar-refractivity contribution in [3.63, 3.8) is 0 Å². The fraction of sp³-hybridized carbons (Fsp3) is 0.545. The van der Waals surface area contributed by atoms with Gasteiger partial charge in [-0.2, -0.15) is 4.31 Å². The summed E-state index contributed by atoms with van der Waals surface area (Å²) in [6, 6.07) is 1.09. The number of aromatic amines is 1. The number of likely N-dealkylation sites (N-methyl/N-ethyl adjacent to an activating group) is 1. The van der Waals surface area contributed by atoms with Crippen molar-refractivity contribution in [2.45, 2.75) is 24.8 Å². The maximum absolute atomic E-state index is 12.1. The van der Waals surface area contributed by atoms with Crippen LogP contribution in [-0.2, 0) is 14.8 Å². The van der Waals surface area contributed by atoms with Gasteiger partial charge in [-0.15, -0.1) is 0 Å². The third-order valence-corrected chi connectivity index (χ3v) is 4.29. The van der Waals surface area contributed by atoms with E-state index in [4.69, 9.17) is 9.84 Å². The minimum absolute atomic E-state index is 0.0296. The predicted molar refractivity (Wildman–Crippen MR) is 68.7 cm³/mol. The number of carboxylic acids is 1. The summed E-state index contributed by atoms with van der Waals surface area (Å²) in [5.74, 6) is -1.20. The van der Waals surface area contributed by atoms with Gasteiger partial charge in [0.2, 0.25) is 10.0 Å². The molecule has 0 bridgehead atoms. The molecule has 0 aliphatic rings. The van der Waals surface area contributed by atoms with Crippen molar-refractivity contribution in [2.75, 3.05) is 20.2 Å². The number of carboxylic acid groups (broad SMARTS) is 1. The molecule has 0 aliphatic carbocycles. The molecule has 1 rings (SSSR count). The van der Waals surface area contributed by atoms with E-state index in [1.807, 2.05) is 13.8 Å². The van der Waals surface area contributed by atoms with Gasteiger partial charge in [-0.1, -0.05) is 0 Å². The van der Waals surface area contributed by atoms with Gasteiger partial charge in [0.05, 0.1) is 12.7 Å². The Labute approximate surface area is 112 Å². The number of aromatic nitrogens is 1. The zero-order chi connectivity index (χ0) is 14.6. The van der Waals surface area contributed by atoms with Crippen LogP contribution in [0, 0.1) is 0 Å². The number of rotatable bonds is 7. The molecular formula is C11H18N2O5S. The van der Waals surface area contributed by atoms with Crippen molar-refractivity contribution in [3.8, 4) is 0 Å². The first-order valence-corrected chi connectivity index (χ1v) is 7.19. The largest absolute Gasteiger partial charge is 0.477 e. The summed E-state index contributed by atoms with van der Waals surface area (Å²) in [6.45, 7) is 4.21. The van der Waals surface area contributed by atoms with Crippen molar-refractivity contribution in [3.05, 3.63) is 18.0 Å². The van der Waals surface area contributed by atoms with E-state index in [9.17, 15) is 13.2 Å². The molecule has 19 heavy (non-hydrogen) atoms. The van der Waals surface area contributed by atoms with Gasteiger partial charge in [-0.3, -0.25) is 0 Å². The van der Waals surface area contributed by atoms with Crippen LogP contribution in [0.2, 0.25) is 0 Å². The number of ether oxygens (including phenoxy) is 1. The number of nitrogens with one attached hydrogen (secondary N) is 1. The summed E-state index contributed by atoms with van der Waals surface area (Å²) in [6.07, 6.45) is 1.19. The quantitative estimate of drug-likeness (QED) is 0.772. The van der Waals surface area contributed by atoms with Gasteiger partial charge in [-0.05, 0) is 19.9 Å². The van der Waals surface area contributed by atoms with Crippen LogP contribution >= 0.6 is 0 Å². The van der Waals surface area contributed by atoms with Crippen LogP contribution < -0.4 is 0 Å². The first-order valence-electron chi connectivity index (χ1n) is 5.74. The van der Waals surface area contributed by atoms with Crippen LogP contribution in [0.4, 0.5) is 0 Å². The molecule has 8 heteroatoms. The zero-order valence-corrected chi connectivity index (χ0v) is 11.9. The van der Waals surface area contributed by atoms with E-state index in [0.717, 1.165) is 10.4 Å². The highest BCUT2D eigenvalue weighted by Gasteiger charge is 2.23. The Morgan fingerprint density at radius 2 is 2.16 bits per heavy atom. The maximum atomic E-state index is 12.1. The predicted octanol–water partition coefficient (Wildman–Crippen LogP) is 0.758. The maximum Gasteiger partial charge on any atom is 0.352 e. The number of sulfonamides is 1. The average molecular weight is 290 g/mol. The van der Waals surface area contributed by atoms with E-state index in [1.165, 1.54) is 13.2 Å². The van der Waals surface area contributed by atoms with Crippen LogP contribution in [-0.4, -0.2) is 55.1 Å². The van der Waals surface area contributed by atoms with Crippen molar-refractivity contribution in [2.24, 2.45) is 0 Å². The normalized spacial score (nSPS) is 12.3. The van der Waals surface area contributed by atoms with Crippen LogP contribution in [0.3, 0.4) is 0 Å². The molecule has 0 unspecified atom stereocenters. The van der Waals surface area contributed by atoms with Crippen LogP contribution in [0.15, 0.2) is 17.2 Å². The molecule has 0 fully saturated rings. The molecule has 0 radical (unpaired) electrons. The van der Waals surface area contributed by atoms with Crippen LogP contribution in [0.25, 0.3) is 0 Å². The lowest BCUT2D eigenvalue weighted by Gasteiger charge is -2.17. The van der Waals surface area contributed by atoms with Gasteiger partial charge < -0.3 is 14.8 Å². The standard InChI is InChI=1S/C11H18N2O5S/c1-8(2)18-5-4-13(3)19(16,17)9-6-10(11(14)15)12-7-9/h6-8,12H,4-5H2,1-3H3,(H,14,15). The number of aromatic carboxylic acids is 1. The first kappa shape index (κ1) is 15.7. The molecule has 0 amide bonds. The molecular weight excluding hydrogens is 272 g/mol. The molecule has 1 heterocycles. The smallest absolute Gasteiger partial charge is 0.352 e. The minimum Gasteiger partial charge on any atom is -0.477 e. The lowest BCUT2D eigenvalue weighted by molar-refractivity contribution is 0.0690.